The second-order valence-corrected chi connectivity index (χ2v) is 5.19. The number of hydrogen-bond acceptors (Lipinski definition) is 3. The zero-order valence-corrected chi connectivity index (χ0v) is 11.2. The molecule has 0 radical (unpaired) electrons. The van der Waals surface area contributed by atoms with Crippen LogP contribution in [0.15, 0.2) is 30.5 Å². The van der Waals surface area contributed by atoms with Crippen LogP contribution in [0.5, 0.6) is 0 Å². The molecule has 106 valence electrons. The first-order chi connectivity index (χ1) is 9.72. The molecule has 3 rings (SSSR count). The molecule has 1 aliphatic rings. The summed E-state index contributed by atoms with van der Waals surface area (Å²) in [6.45, 7) is 2.94. The molecular weight excluding hydrogens is 256 g/mol. The summed E-state index contributed by atoms with van der Waals surface area (Å²) < 4.78 is 5.50. The topological polar surface area (TPSA) is 65.6 Å². The molecule has 2 heterocycles. The van der Waals surface area contributed by atoms with E-state index < -0.39 is 5.97 Å². The maximum Gasteiger partial charge on any atom is 0.306 e. The number of carboxylic acids is 1. The predicted octanol–water partition coefficient (Wildman–Crippen LogP) is 1.84. The van der Waals surface area contributed by atoms with Crippen LogP contribution in [-0.4, -0.2) is 46.8 Å². The van der Waals surface area contributed by atoms with E-state index in [-0.39, 0.29) is 12.5 Å². The van der Waals surface area contributed by atoms with Crippen molar-refractivity contribution in [1.82, 2.24) is 9.88 Å². The van der Waals surface area contributed by atoms with Crippen molar-refractivity contribution in [2.24, 2.45) is 0 Å². The second kappa shape index (κ2) is 5.64. The largest absolute Gasteiger partial charge is 0.481 e. The number of fused-ring (bicyclic) bond motifs is 1. The van der Waals surface area contributed by atoms with Gasteiger partial charge in [0.1, 0.15) is 0 Å². The summed E-state index contributed by atoms with van der Waals surface area (Å²) in [5.74, 6) is -0.802. The van der Waals surface area contributed by atoms with Gasteiger partial charge in [-0.1, -0.05) is 18.2 Å². The second-order valence-electron chi connectivity index (χ2n) is 5.19. The number of rotatable bonds is 4. The lowest BCUT2D eigenvalue weighted by Crippen LogP contribution is -2.42. The van der Waals surface area contributed by atoms with Crippen molar-refractivity contribution in [2.45, 2.75) is 19.1 Å². The van der Waals surface area contributed by atoms with E-state index in [2.05, 4.69) is 22.0 Å². The zero-order chi connectivity index (χ0) is 13.9. The third-order valence-corrected chi connectivity index (χ3v) is 3.69. The van der Waals surface area contributed by atoms with Crippen LogP contribution < -0.4 is 0 Å². The lowest BCUT2D eigenvalue weighted by Gasteiger charge is -2.32. The lowest BCUT2D eigenvalue weighted by molar-refractivity contribution is -0.142. The third kappa shape index (κ3) is 2.84. The molecule has 1 saturated heterocycles. The average Bonchev–Trinajstić information content (AvgIpc) is 2.82. The van der Waals surface area contributed by atoms with Crippen molar-refractivity contribution < 1.29 is 14.6 Å². The van der Waals surface area contributed by atoms with Crippen molar-refractivity contribution in [1.29, 1.82) is 0 Å². The Hall–Kier alpha value is -1.85. The van der Waals surface area contributed by atoms with Crippen molar-refractivity contribution >= 4 is 16.9 Å². The smallest absolute Gasteiger partial charge is 0.306 e. The number of ether oxygens (including phenoxy) is 1. The molecule has 20 heavy (non-hydrogen) atoms. The van der Waals surface area contributed by atoms with E-state index in [1.54, 1.807) is 0 Å². The Bertz CT molecular complexity index is 608. The number of para-hydroxylation sites is 1. The molecular formula is C15H18N2O3. The Morgan fingerprint density at radius 2 is 2.30 bits per heavy atom. The lowest BCUT2D eigenvalue weighted by atomic mass is 10.1. The standard InChI is InChI=1S/C15H18N2O3/c18-15(19)7-12-10-17(5-6-20-12)9-11-8-16-14-4-2-1-3-13(11)14/h1-4,8,12,16H,5-7,9-10H2,(H,18,19). The predicted molar refractivity (Wildman–Crippen MR) is 75.6 cm³/mol. The van der Waals surface area contributed by atoms with Crippen molar-refractivity contribution in [3.05, 3.63) is 36.0 Å². The van der Waals surface area contributed by atoms with Gasteiger partial charge in [0.15, 0.2) is 0 Å². The summed E-state index contributed by atoms with van der Waals surface area (Å²) in [7, 11) is 0. The highest BCUT2D eigenvalue weighted by Crippen LogP contribution is 2.20. The van der Waals surface area contributed by atoms with Crippen LogP contribution in [0.2, 0.25) is 0 Å². The SMILES string of the molecule is O=C(O)CC1CN(Cc2c[nH]c3ccccc23)CCO1. The number of nitrogens with zero attached hydrogens (tertiary/aromatic N) is 1. The van der Waals surface area contributed by atoms with Gasteiger partial charge in [-0.15, -0.1) is 0 Å². The Labute approximate surface area is 117 Å². The fourth-order valence-corrected chi connectivity index (χ4v) is 2.75. The molecule has 2 N–H and O–H groups in total. The summed E-state index contributed by atoms with van der Waals surface area (Å²) in [6.07, 6.45) is 1.91. The molecule has 2 aromatic rings. The molecule has 0 saturated carbocycles. The van der Waals surface area contributed by atoms with Gasteiger partial charge in [-0.3, -0.25) is 9.69 Å². The normalized spacial score (nSPS) is 20.3. The number of benzene rings is 1. The number of aromatic amines is 1. The van der Waals surface area contributed by atoms with E-state index in [9.17, 15) is 4.79 Å². The highest BCUT2D eigenvalue weighted by molar-refractivity contribution is 5.82. The van der Waals surface area contributed by atoms with E-state index in [0.29, 0.717) is 13.2 Å². The number of aliphatic carboxylic acids is 1. The van der Waals surface area contributed by atoms with Crippen molar-refractivity contribution in [3.8, 4) is 0 Å². The zero-order valence-electron chi connectivity index (χ0n) is 11.2. The molecule has 0 spiro atoms. The Morgan fingerprint density at radius 1 is 1.45 bits per heavy atom. The van der Waals surface area contributed by atoms with Crippen LogP contribution >= 0.6 is 0 Å². The first-order valence-electron chi connectivity index (χ1n) is 6.83. The Kier molecular flexibility index (Phi) is 3.71. The molecule has 1 fully saturated rings. The number of aromatic nitrogens is 1. The Morgan fingerprint density at radius 3 is 3.15 bits per heavy atom. The summed E-state index contributed by atoms with van der Waals surface area (Å²) in [5.41, 5.74) is 2.38. The van der Waals surface area contributed by atoms with Crippen LogP contribution in [0.3, 0.4) is 0 Å². The monoisotopic (exact) mass is 274 g/mol. The average molecular weight is 274 g/mol. The van der Waals surface area contributed by atoms with Crippen LogP contribution in [0, 0.1) is 0 Å². The summed E-state index contributed by atoms with van der Waals surface area (Å²) >= 11 is 0. The Balaban J connectivity index is 1.69. The van der Waals surface area contributed by atoms with Gasteiger partial charge in [0.25, 0.3) is 0 Å². The summed E-state index contributed by atoms with van der Waals surface area (Å²) in [4.78, 5) is 16.3. The highest BCUT2D eigenvalue weighted by Gasteiger charge is 2.23. The first kappa shape index (κ1) is 13.1. The van der Waals surface area contributed by atoms with Gasteiger partial charge < -0.3 is 14.8 Å². The minimum atomic E-state index is -0.802. The van der Waals surface area contributed by atoms with Gasteiger partial charge in [0.05, 0.1) is 19.1 Å². The number of morpholine rings is 1. The van der Waals surface area contributed by atoms with Crippen LogP contribution in [0.4, 0.5) is 0 Å². The molecule has 1 aromatic heterocycles. The molecule has 0 aliphatic carbocycles. The number of carboxylic acid groups (broad SMARTS) is 1. The van der Waals surface area contributed by atoms with Gasteiger partial charge in [-0.2, -0.15) is 0 Å². The fourth-order valence-electron chi connectivity index (χ4n) is 2.75. The number of carbonyl (C=O) groups is 1. The van der Waals surface area contributed by atoms with Crippen LogP contribution in [0.25, 0.3) is 10.9 Å². The van der Waals surface area contributed by atoms with E-state index in [4.69, 9.17) is 9.84 Å². The maximum absolute atomic E-state index is 10.8. The van der Waals surface area contributed by atoms with Crippen LogP contribution in [0.1, 0.15) is 12.0 Å². The highest BCUT2D eigenvalue weighted by atomic mass is 16.5. The molecule has 1 atom stereocenters. The molecule has 1 aromatic carbocycles. The molecule has 1 aliphatic heterocycles. The van der Waals surface area contributed by atoms with Crippen LogP contribution in [-0.2, 0) is 16.1 Å². The molecule has 1 unspecified atom stereocenters. The number of nitrogens with one attached hydrogen (secondary N) is 1. The summed E-state index contributed by atoms with van der Waals surface area (Å²) in [5, 5.41) is 10.1. The van der Waals surface area contributed by atoms with E-state index in [0.717, 1.165) is 18.6 Å². The van der Waals surface area contributed by atoms with Gasteiger partial charge in [-0.25, -0.2) is 0 Å². The molecule has 5 nitrogen and oxygen atoms in total. The third-order valence-electron chi connectivity index (χ3n) is 3.69. The van der Waals surface area contributed by atoms with Crippen molar-refractivity contribution in [3.63, 3.8) is 0 Å². The number of H-pyrrole nitrogens is 1. The minimum Gasteiger partial charge on any atom is -0.481 e. The molecule has 0 amide bonds. The fraction of sp³-hybridized carbons (Fsp3) is 0.400. The number of hydrogen-bond donors (Lipinski definition) is 2. The van der Waals surface area contributed by atoms with Gasteiger partial charge in [0, 0.05) is 36.7 Å². The molecule has 5 heteroatoms. The summed E-state index contributed by atoms with van der Waals surface area (Å²) in [6, 6.07) is 8.22. The van der Waals surface area contributed by atoms with Crippen molar-refractivity contribution in [2.75, 3.05) is 19.7 Å². The molecule has 0 bridgehead atoms. The van der Waals surface area contributed by atoms with E-state index in [1.807, 2.05) is 18.3 Å². The van der Waals surface area contributed by atoms with Gasteiger partial charge in [0.2, 0.25) is 0 Å². The van der Waals surface area contributed by atoms with E-state index in [1.165, 1.54) is 10.9 Å². The van der Waals surface area contributed by atoms with E-state index >= 15 is 0 Å². The first-order valence-corrected chi connectivity index (χ1v) is 6.83. The van der Waals surface area contributed by atoms with Gasteiger partial charge >= 0.3 is 5.97 Å². The minimum absolute atomic E-state index is 0.0738. The maximum atomic E-state index is 10.8. The quantitative estimate of drug-likeness (QED) is 0.893. The van der Waals surface area contributed by atoms with Gasteiger partial charge in [-0.05, 0) is 11.6 Å².